The van der Waals surface area contributed by atoms with Crippen molar-refractivity contribution in [1.82, 2.24) is 0 Å². The number of carbonyl (C=O) groups is 1. The molecule has 0 bridgehead atoms. The molecule has 0 aliphatic heterocycles. The first-order chi connectivity index (χ1) is 9.45. The smallest absolute Gasteiger partial charge is 0.167 e. The van der Waals surface area contributed by atoms with Gasteiger partial charge in [-0.15, -0.1) is 0 Å². The molecule has 0 aliphatic carbocycles. The zero-order valence-electron chi connectivity index (χ0n) is 11.5. The molecule has 3 heteroatoms. The van der Waals surface area contributed by atoms with Gasteiger partial charge in [0.15, 0.2) is 5.78 Å². The van der Waals surface area contributed by atoms with Crippen LogP contribution in [0.3, 0.4) is 0 Å². The summed E-state index contributed by atoms with van der Waals surface area (Å²) >= 11 is 9.33. The van der Waals surface area contributed by atoms with Gasteiger partial charge < -0.3 is 0 Å². The highest BCUT2D eigenvalue weighted by Crippen LogP contribution is 2.21. The first-order valence-corrected chi connectivity index (χ1v) is 7.71. The van der Waals surface area contributed by atoms with E-state index in [0.29, 0.717) is 22.9 Å². The summed E-state index contributed by atoms with van der Waals surface area (Å²) in [5.41, 5.74) is 2.94. The second kappa shape index (κ2) is 6.55. The summed E-state index contributed by atoms with van der Waals surface area (Å²) in [6.45, 7) is 4.31. The van der Waals surface area contributed by atoms with Gasteiger partial charge >= 0.3 is 0 Å². The quantitative estimate of drug-likeness (QED) is 0.650. The Morgan fingerprint density at radius 3 is 2.35 bits per heavy atom. The summed E-state index contributed by atoms with van der Waals surface area (Å²) in [4.78, 5) is 12.3. The van der Waals surface area contributed by atoms with Crippen LogP contribution in [0.25, 0.3) is 0 Å². The second-order valence-corrected chi connectivity index (χ2v) is 6.51. The van der Waals surface area contributed by atoms with Crippen LogP contribution in [0.5, 0.6) is 0 Å². The zero-order chi connectivity index (χ0) is 14.7. The summed E-state index contributed by atoms with van der Waals surface area (Å²) in [5.74, 6) is 0.578. The average Bonchev–Trinajstić information content (AvgIpc) is 2.38. The molecule has 0 heterocycles. The van der Waals surface area contributed by atoms with E-state index in [1.807, 2.05) is 12.1 Å². The highest BCUT2D eigenvalue weighted by atomic mass is 79.9. The molecule has 0 spiro atoms. The van der Waals surface area contributed by atoms with Gasteiger partial charge in [0.1, 0.15) is 0 Å². The fourth-order valence-electron chi connectivity index (χ4n) is 2.02. The van der Waals surface area contributed by atoms with Crippen molar-refractivity contribution < 1.29 is 4.79 Å². The van der Waals surface area contributed by atoms with Crippen LogP contribution >= 0.6 is 27.5 Å². The lowest BCUT2D eigenvalue weighted by atomic mass is 9.98. The van der Waals surface area contributed by atoms with Crippen molar-refractivity contribution in [3.8, 4) is 0 Å². The van der Waals surface area contributed by atoms with Gasteiger partial charge in [0.25, 0.3) is 0 Å². The van der Waals surface area contributed by atoms with Crippen LogP contribution in [-0.4, -0.2) is 5.78 Å². The molecule has 0 amide bonds. The number of rotatable bonds is 4. The van der Waals surface area contributed by atoms with E-state index in [4.69, 9.17) is 11.6 Å². The van der Waals surface area contributed by atoms with Crippen LogP contribution in [0.2, 0.25) is 5.02 Å². The van der Waals surface area contributed by atoms with Crippen LogP contribution in [0.15, 0.2) is 46.9 Å². The Labute approximate surface area is 133 Å². The molecule has 0 fully saturated rings. The Kier molecular flexibility index (Phi) is 5.00. The number of Topliss-reactive ketones (excluding diaryl/α,β-unsaturated/α-hetero) is 1. The first kappa shape index (κ1) is 15.3. The summed E-state index contributed by atoms with van der Waals surface area (Å²) in [6, 6.07) is 13.5. The number of hydrogen-bond donors (Lipinski definition) is 0. The minimum Gasteiger partial charge on any atom is -0.294 e. The van der Waals surface area contributed by atoms with Crippen molar-refractivity contribution in [1.29, 1.82) is 0 Å². The molecule has 0 radical (unpaired) electrons. The molecule has 0 unspecified atom stereocenters. The Hall–Kier alpha value is -1.12. The normalized spacial score (nSPS) is 10.8. The number of carbonyl (C=O) groups excluding carboxylic acids is 1. The highest BCUT2D eigenvalue weighted by Gasteiger charge is 2.09. The van der Waals surface area contributed by atoms with E-state index in [1.165, 1.54) is 5.56 Å². The zero-order valence-corrected chi connectivity index (χ0v) is 13.8. The van der Waals surface area contributed by atoms with Crippen molar-refractivity contribution in [2.24, 2.45) is 0 Å². The maximum absolute atomic E-state index is 12.3. The molecule has 0 saturated carbocycles. The lowest BCUT2D eigenvalue weighted by molar-refractivity contribution is 0.0993. The van der Waals surface area contributed by atoms with Crippen LogP contribution in [0, 0.1) is 0 Å². The van der Waals surface area contributed by atoms with Crippen molar-refractivity contribution in [2.45, 2.75) is 26.2 Å². The third kappa shape index (κ3) is 3.94. The predicted molar refractivity (Wildman–Crippen MR) is 87.7 cm³/mol. The van der Waals surface area contributed by atoms with Gasteiger partial charge in [0.2, 0.25) is 0 Å². The van der Waals surface area contributed by atoms with Gasteiger partial charge in [-0.25, -0.2) is 0 Å². The summed E-state index contributed by atoms with van der Waals surface area (Å²) in [7, 11) is 0. The molecule has 0 aliphatic rings. The minimum atomic E-state index is 0.0745. The van der Waals surface area contributed by atoms with E-state index >= 15 is 0 Å². The molecule has 0 N–H and O–H groups in total. The van der Waals surface area contributed by atoms with Gasteiger partial charge in [-0.2, -0.15) is 0 Å². The highest BCUT2D eigenvalue weighted by molar-refractivity contribution is 9.10. The van der Waals surface area contributed by atoms with Gasteiger partial charge in [0, 0.05) is 21.5 Å². The van der Waals surface area contributed by atoms with E-state index in [0.717, 1.165) is 10.0 Å². The maximum Gasteiger partial charge on any atom is 0.167 e. The summed E-state index contributed by atoms with van der Waals surface area (Å²) in [5, 5.41) is 0.567. The molecule has 20 heavy (non-hydrogen) atoms. The Balaban J connectivity index is 2.14. The van der Waals surface area contributed by atoms with Crippen LogP contribution in [0.4, 0.5) is 0 Å². The van der Waals surface area contributed by atoms with Gasteiger partial charge in [-0.05, 0) is 35.2 Å². The first-order valence-electron chi connectivity index (χ1n) is 6.54. The minimum absolute atomic E-state index is 0.0745. The van der Waals surface area contributed by atoms with Gasteiger partial charge in [0.05, 0.1) is 0 Å². The Bertz CT molecular complexity index is 597. The lowest BCUT2D eigenvalue weighted by Crippen LogP contribution is -2.04. The standard InChI is InChI=1S/C17H16BrClO/c1-11(2)13-5-3-12(4-6-13)7-17(20)14-8-15(18)10-16(19)9-14/h3-6,8-11H,7H2,1-2H3. The largest absolute Gasteiger partial charge is 0.294 e. The fourth-order valence-corrected chi connectivity index (χ4v) is 2.88. The molecule has 1 nitrogen and oxygen atoms in total. The molecule has 0 atom stereocenters. The van der Waals surface area contributed by atoms with E-state index < -0.39 is 0 Å². The third-order valence-electron chi connectivity index (χ3n) is 3.20. The monoisotopic (exact) mass is 350 g/mol. The van der Waals surface area contributed by atoms with E-state index in [9.17, 15) is 4.79 Å². The topological polar surface area (TPSA) is 17.1 Å². The summed E-state index contributed by atoms with van der Waals surface area (Å²) in [6.07, 6.45) is 0.394. The average molecular weight is 352 g/mol. The molecule has 0 saturated heterocycles. The van der Waals surface area contributed by atoms with Gasteiger partial charge in [-0.3, -0.25) is 4.79 Å². The molecule has 104 valence electrons. The number of ketones is 1. The molecular formula is C17H16BrClO. The third-order valence-corrected chi connectivity index (χ3v) is 3.87. The molecule has 0 aromatic heterocycles. The van der Waals surface area contributed by atoms with Crippen molar-refractivity contribution in [2.75, 3.05) is 0 Å². The Morgan fingerprint density at radius 1 is 1.15 bits per heavy atom. The van der Waals surface area contributed by atoms with Crippen LogP contribution in [0.1, 0.15) is 41.3 Å². The fraction of sp³-hybridized carbons (Fsp3) is 0.235. The van der Waals surface area contributed by atoms with Crippen molar-refractivity contribution in [3.63, 3.8) is 0 Å². The van der Waals surface area contributed by atoms with Gasteiger partial charge in [-0.1, -0.05) is 65.6 Å². The molecular weight excluding hydrogens is 336 g/mol. The van der Waals surface area contributed by atoms with Crippen LogP contribution in [-0.2, 0) is 6.42 Å². The van der Waals surface area contributed by atoms with E-state index in [1.54, 1.807) is 18.2 Å². The molecule has 2 aromatic carbocycles. The summed E-state index contributed by atoms with van der Waals surface area (Å²) < 4.78 is 0.823. The van der Waals surface area contributed by atoms with Crippen molar-refractivity contribution in [3.05, 3.63) is 68.7 Å². The van der Waals surface area contributed by atoms with Crippen molar-refractivity contribution >= 4 is 33.3 Å². The number of halogens is 2. The lowest BCUT2D eigenvalue weighted by Gasteiger charge is -2.07. The van der Waals surface area contributed by atoms with E-state index in [2.05, 4.69) is 41.9 Å². The van der Waals surface area contributed by atoms with E-state index in [-0.39, 0.29) is 5.78 Å². The molecule has 2 rings (SSSR count). The SMILES string of the molecule is CC(C)c1ccc(CC(=O)c2cc(Cl)cc(Br)c2)cc1. The Morgan fingerprint density at radius 2 is 1.80 bits per heavy atom. The maximum atomic E-state index is 12.3. The molecule has 2 aromatic rings. The second-order valence-electron chi connectivity index (χ2n) is 5.15. The predicted octanol–water partition coefficient (Wildman–Crippen LogP) is 5.65. The number of hydrogen-bond acceptors (Lipinski definition) is 1. The van der Waals surface area contributed by atoms with Crippen LogP contribution < -0.4 is 0 Å². The number of benzene rings is 2.